The summed E-state index contributed by atoms with van der Waals surface area (Å²) >= 11 is 0. The van der Waals surface area contributed by atoms with Gasteiger partial charge in [-0.1, -0.05) is 25.5 Å². The Morgan fingerprint density at radius 1 is 1.13 bits per heavy atom. The van der Waals surface area contributed by atoms with E-state index in [4.69, 9.17) is 0 Å². The molecule has 0 unspecified atom stereocenters. The molecule has 4 heteroatoms. The first-order valence-electron chi connectivity index (χ1n) is 8.93. The Hall–Kier alpha value is -1.55. The molecular formula is C19H31N3O. The second kappa shape index (κ2) is 8.92. The summed E-state index contributed by atoms with van der Waals surface area (Å²) in [7, 11) is 0. The van der Waals surface area contributed by atoms with Crippen LogP contribution in [-0.2, 0) is 4.79 Å². The molecule has 2 rings (SSSR count). The van der Waals surface area contributed by atoms with Gasteiger partial charge < -0.3 is 15.1 Å². The van der Waals surface area contributed by atoms with Crippen LogP contribution in [0.25, 0.3) is 0 Å². The topological polar surface area (TPSA) is 35.6 Å². The molecule has 4 nitrogen and oxygen atoms in total. The van der Waals surface area contributed by atoms with Crippen molar-refractivity contribution in [1.29, 1.82) is 0 Å². The van der Waals surface area contributed by atoms with Gasteiger partial charge in [0.05, 0.1) is 0 Å². The normalized spacial score (nSPS) is 15.1. The lowest BCUT2D eigenvalue weighted by Gasteiger charge is -2.37. The summed E-state index contributed by atoms with van der Waals surface area (Å²) in [6.45, 7) is 11.9. The number of hydrogen-bond acceptors (Lipinski definition) is 3. The maximum absolute atomic E-state index is 12.3. The number of nitrogens with zero attached hydrogens (tertiary/aromatic N) is 2. The van der Waals surface area contributed by atoms with E-state index >= 15 is 0 Å². The van der Waals surface area contributed by atoms with Crippen LogP contribution in [0.3, 0.4) is 0 Å². The molecule has 0 spiro atoms. The van der Waals surface area contributed by atoms with Crippen LogP contribution in [0.1, 0.15) is 37.3 Å². The van der Waals surface area contributed by atoms with Crippen LogP contribution in [0.5, 0.6) is 0 Å². The average molecular weight is 317 g/mol. The average Bonchev–Trinajstić information content (AvgIpc) is 2.57. The quantitative estimate of drug-likeness (QED) is 0.786. The van der Waals surface area contributed by atoms with Crippen LogP contribution in [0.15, 0.2) is 18.2 Å². The molecule has 1 aliphatic rings. The minimum Gasteiger partial charge on any atom is -0.368 e. The van der Waals surface area contributed by atoms with Crippen molar-refractivity contribution >= 4 is 11.6 Å². The molecule has 0 bridgehead atoms. The fraction of sp³-hybridized carbons (Fsp3) is 0.632. The molecule has 0 atom stereocenters. The van der Waals surface area contributed by atoms with Gasteiger partial charge in [0.1, 0.15) is 0 Å². The van der Waals surface area contributed by atoms with Crippen molar-refractivity contribution < 1.29 is 4.79 Å². The van der Waals surface area contributed by atoms with Gasteiger partial charge in [-0.15, -0.1) is 0 Å². The number of unbranched alkanes of at least 4 members (excludes halogenated alkanes) is 1. The Bertz CT molecular complexity index is 507. The molecular weight excluding hydrogens is 286 g/mol. The number of anilines is 1. The first kappa shape index (κ1) is 17.8. The second-order valence-corrected chi connectivity index (χ2v) is 6.44. The van der Waals surface area contributed by atoms with Gasteiger partial charge in [0.2, 0.25) is 5.91 Å². The van der Waals surface area contributed by atoms with E-state index in [1.54, 1.807) is 0 Å². The van der Waals surface area contributed by atoms with Crippen LogP contribution in [0, 0.1) is 13.8 Å². The SMILES string of the molecule is CCCCNCCC(=O)N1CCN(c2cccc(C)c2C)CC1. The minimum atomic E-state index is 0.287. The second-order valence-electron chi connectivity index (χ2n) is 6.44. The smallest absolute Gasteiger partial charge is 0.223 e. The number of aryl methyl sites for hydroxylation is 1. The molecule has 1 fully saturated rings. The van der Waals surface area contributed by atoms with Gasteiger partial charge in [0.15, 0.2) is 0 Å². The fourth-order valence-corrected chi connectivity index (χ4v) is 3.06. The zero-order valence-corrected chi connectivity index (χ0v) is 14.9. The molecule has 1 saturated heterocycles. The third kappa shape index (κ3) is 4.96. The fourth-order valence-electron chi connectivity index (χ4n) is 3.06. The predicted octanol–water partition coefficient (Wildman–Crippen LogP) is 2.73. The van der Waals surface area contributed by atoms with E-state index in [9.17, 15) is 4.79 Å². The monoisotopic (exact) mass is 317 g/mol. The van der Waals surface area contributed by atoms with Crippen molar-refractivity contribution in [2.75, 3.05) is 44.2 Å². The van der Waals surface area contributed by atoms with Crippen LogP contribution < -0.4 is 10.2 Å². The maximum Gasteiger partial charge on any atom is 0.223 e. The maximum atomic E-state index is 12.3. The van der Waals surface area contributed by atoms with Crippen LogP contribution in [-0.4, -0.2) is 50.1 Å². The van der Waals surface area contributed by atoms with E-state index in [0.29, 0.717) is 6.42 Å². The van der Waals surface area contributed by atoms with Crippen LogP contribution in [0.2, 0.25) is 0 Å². The highest BCUT2D eigenvalue weighted by molar-refractivity contribution is 5.76. The summed E-state index contributed by atoms with van der Waals surface area (Å²) in [4.78, 5) is 16.7. The van der Waals surface area contributed by atoms with Crippen molar-refractivity contribution in [3.63, 3.8) is 0 Å². The number of carbonyl (C=O) groups excluding carboxylic acids is 1. The van der Waals surface area contributed by atoms with Gasteiger partial charge in [-0.05, 0) is 44.0 Å². The zero-order valence-electron chi connectivity index (χ0n) is 14.9. The molecule has 1 aromatic carbocycles. The lowest BCUT2D eigenvalue weighted by atomic mass is 10.1. The summed E-state index contributed by atoms with van der Waals surface area (Å²) in [5, 5.41) is 3.35. The summed E-state index contributed by atoms with van der Waals surface area (Å²) in [6.07, 6.45) is 3.00. The summed E-state index contributed by atoms with van der Waals surface area (Å²) in [5.74, 6) is 0.287. The van der Waals surface area contributed by atoms with Crippen molar-refractivity contribution in [2.45, 2.75) is 40.0 Å². The molecule has 128 valence electrons. The van der Waals surface area contributed by atoms with Crippen LogP contribution in [0.4, 0.5) is 5.69 Å². The van der Waals surface area contributed by atoms with Gasteiger partial charge in [-0.25, -0.2) is 0 Å². The molecule has 0 aromatic heterocycles. The summed E-state index contributed by atoms with van der Waals surface area (Å²) in [6, 6.07) is 6.47. The molecule has 1 heterocycles. The van der Waals surface area contributed by atoms with E-state index in [1.165, 1.54) is 29.7 Å². The molecule has 23 heavy (non-hydrogen) atoms. The van der Waals surface area contributed by atoms with Gasteiger partial charge in [-0.2, -0.15) is 0 Å². The van der Waals surface area contributed by atoms with E-state index in [1.807, 2.05) is 4.90 Å². The van der Waals surface area contributed by atoms with Gasteiger partial charge >= 0.3 is 0 Å². The lowest BCUT2D eigenvalue weighted by molar-refractivity contribution is -0.131. The third-order valence-corrected chi connectivity index (χ3v) is 4.77. The number of hydrogen-bond donors (Lipinski definition) is 1. The van der Waals surface area contributed by atoms with Crippen LogP contribution >= 0.6 is 0 Å². The number of nitrogens with one attached hydrogen (secondary N) is 1. The van der Waals surface area contributed by atoms with Crippen molar-refractivity contribution in [1.82, 2.24) is 10.2 Å². The van der Waals surface area contributed by atoms with Gasteiger partial charge in [0, 0.05) is 44.8 Å². The van der Waals surface area contributed by atoms with E-state index in [0.717, 1.165) is 39.3 Å². The zero-order chi connectivity index (χ0) is 16.7. The molecule has 1 N–H and O–H groups in total. The Morgan fingerprint density at radius 2 is 1.87 bits per heavy atom. The van der Waals surface area contributed by atoms with Gasteiger partial charge in [-0.3, -0.25) is 4.79 Å². The standard InChI is InChI=1S/C19H31N3O/c1-4-5-10-20-11-9-19(23)22-14-12-21(13-15-22)18-8-6-7-16(2)17(18)3/h6-8,20H,4-5,9-15H2,1-3H3. The lowest BCUT2D eigenvalue weighted by Crippen LogP contribution is -2.49. The number of rotatable bonds is 7. The molecule has 0 saturated carbocycles. The molecule has 1 aliphatic heterocycles. The van der Waals surface area contributed by atoms with Crippen molar-refractivity contribution in [3.8, 4) is 0 Å². The highest BCUT2D eigenvalue weighted by atomic mass is 16.2. The Labute approximate surface area is 140 Å². The molecule has 1 aromatic rings. The Kier molecular flexibility index (Phi) is 6.90. The summed E-state index contributed by atoms with van der Waals surface area (Å²) < 4.78 is 0. The van der Waals surface area contributed by atoms with Crippen molar-refractivity contribution in [2.24, 2.45) is 0 Å². The predicted molar refractivity (Wildman–Crippen MR) is 97.1 cm³/mol. The van der Waals surface area contributed by atoms with E-state index in [2.05, 4.69) is 49.2 Å². The Morgan fingerprint density at radius 3 is 2.57 bits per heavy atom. The number of piperazine rings is 1. The number of amides is 1. The molecule has 0 aliphatic carbocycles. The number of carbonyl (C=O) groups is 1. The summed E-state index contributed by atoms with van der Waals surface area (Å²) in [5.41, 5.74) is 4.00. The highest BCUT2D eigenvalue weighted by Crippen LogP contribution is 2.23. The number of benzene rings is 1. The Balaban J connectivity index is 1.77. The molecule has 0 radical (unpaired) electrons. The highest BCUT2D eigenvalue weighted by Gasteiger charge is 2.21. The first-order chi connectivity index (χ1) is 11.1. The van der Waals surface area contributed by atoms with Crippen molar-refractivity contribution in [3.05, 3.63) is 29.3 Å². The minimum absolute atomic E-state index is 0.287. The first-order valence-corrected chi connectivity index (χ1v) is 8.93. The third-order valence-electron chi connectivity index (χ3n) is 4.77. The van der Waals surface area contributed by atoms with Gasteiger partial charge in [0.25, 0.3) is 0 Å². The largest absolute Gasteiger partial charge is 0.368 e. The van der Waals surface area contributed by atoms with E-state index < -0.39 is 0 Å². The molecule has 1 amide bonds. The van der Waals surface area contributed by atoms with E-state index in [-0.39, 0.29) is 5.91 Å².